The number of aliphatic hydroxyl groups excluding tert-OH is 2. The molecule has 0 aromatic rings. The number of hydrogen-bond acceptors (Lipinski definition) is 6. The third-order valence-corrected chi connectivity index (χ3v) is 7.61. The highest BCUT2D eigenvalue weighted by Gasteiger charge is 2.44. The van der Waals surface area contributed by atoms with E-state index in [0.717, 1.165) is 19.3 Å². The van der Waals surface area contributed by atoms with Crippen LogP contribution in [0, 0.1) is 34.5 Å². The Kier molecular flexibility index (Phi) is 11.5. The number of rotatable bonds is 11. The fraction of sp³-hybridized carbons (Fsp3) is 0.862. The van der Waals surface area contributed by atoms with Crippen molar-refractivity contribution in [2.45, 2.75) is 119 Å². The summed E-state index contributed by atoms with van der Waals surface area (Å²) in [6.45, 7) is 20.4. The van der Waals surface area contributed by atoms with Gasteiger partial charge < -0.3 is 19.7 Å². The predicted molar refractivity (Wildman–Crippen MR) is 140 cm³/mol. The Labute approximate surface area is 213 Å². The Balaban J connectivity index is 2.95. The molecule has 0 heterocycles. The van der Waals surface area contributed by atoms with Crippen LogP contribution in [0.3, 0.4) is 0 Å². The predicted octanol–water partition coefficient (Wildman–Crippen LogP) is 5.69. The summed E-state index contributed by atoms with van der Waals surface area (Å²) in [5.41, 5.74) is -1.14. The molecule has 0 unspecified atom stereocenters. The molecule has 0 amide bonds. The average molecular weight is 497 g/mol. The number of allylic oxidation sites excluding steroid dienone is 1. The molecule has 1 saturated carbocycles. The average Bonchev–Trinajstić information content (AvgIpc) is 2.68. The van der Waals surface area contributed by atoms with Gasteiger partial charge in [0.1, 0.15) is 5.60 Å². The quantitative estimate of drug-likeness (QED) is 0.282. The molecule has 1 aliphatic rings. The van der Waals surface area contributed by atoms with Crippen molar-refractivity contribution in [2.24, 2.45) is 34.5 Å². The SMILES string of the molecule is CCC(C)(C)C(=O)OC[C@@H]1[C@@H](/C=C/[C@@H](O)C[C@@H](O)CC(=O)OC(C)(C)C)C(C)(C)CC[C@H]1C(C)C. The van der Waals surface area contributed by atoms with Gasteiger partial charge in [-0.3, -0.25) is 9.59 Å². The van der Waals surface area contributed by atoms with E-state index in [-0.39, 0.29) is 36.1 Å². The molecular weight excluding hydrogens is 444 g/mol. The zero-order valence-corrected chi connectivity index (χ0v) is 23.9. The molecule has 0 aliphatic heterocycles. The number of carbonyl (C=O) groups is 2. The van der Waals surface area contributed by atoms with Crippen molar-refractivity contribution in [1.29, 1.82) is 0 Å². The van der Waals surface area contributed by atoms with Crippen LogP contribution in [0.4, 0.5) is 0 Å². The molecule has 1 fully saturated rings. The van der Waals surface area contributed by atoms with Crippen LogP contribution in [0.2, 0.25) is 0 Å². The first-order valence-electron chi connectivity index (χ1n) is 13.3. The summed E-state index contributed by atoms with van der Waals surface area (Å²) in [5, 5.41) is 20.9. The van der Waals surface area contributed by atoms with Crippen molar-refractivity contribution in [3.8, 4) is 0 Å². The lowest BCUT2D eigenvalue weighted by Crippen LogP contribution is -2.44. The molecule has 2 N–H and O–H groups in total. The third kappa shape index (κ3) is 10.2. The molecule has 5 atom stereocenters. The van der Waals surface area contributed by atoms with Crippen molar-refractivity contribution in [1.82, 2.24) is 0 Å². The smallest absolute Gasteiger partial charge is 0.311 e. The molecular formula is C29H52O6. The second-order valence-corrected chi connectivity index (χ2v) is 13.1. The Bertz CT molecular complexity index is 715. The van der Waals surface area contributed by atoms with Crippen molar-refractivity contribution >= 4 is 11.9 Å². The Hall–Kier alpha value is -1.40. The molecule has 204 valence electrons. The maximum absolute atomic E-state index is 12.7. The van der Waals surface area contributed by atoms with Gasteiger partial charge >= 0.3 is 11.9 Å². The third-order valence-electron chi connectivity index (χ3n) is 7.61. The Morgan fingerprint density at radius 1 is 1.11 bits per heavy atom. The van der Waals surface area contributed by atoms with E-state index in [1.54, 1.807) is 26.8 Å². The van der Waals surface area contributed by atoms with Gasteiger partial charge in [-0.15, -0.1) is 0 Å². The van der Waals surface area contributed by atoms with Gasteiger partial charge in [0, 0.05) is 12.3 Å². The molecule has 35 heavy (non-hydrogen) atoms. The maximum Gasteiger partial charge on any atom is 0.311 e. The molecule has 0 bridgehead atoms. The van der Waals surface area contributed by atoms with Crippen LogP contribution in [-0.2, 0) is 19.1 Å². The Morgan fingerprint density at radius 2 is 1.71 bits per heavy atom. The molecule has 6 nitrogen and oxygen atoms in total. The van der Waals surface area contributed by atoms with Gasteiger partial charge in [0.2, 0.25) is 0 Å². The second kappa shape index (κ2) is 12.7. The lowest BCUT2D eigenvalue weighted by Gasteiger charge is -2.48. The summed E-state index contributed by atoms with van der Waals surface area (Å²) in [6, 6.07) is 0. The number of esters is 2. The highest BCUT2D eigenvalue weighted by molar-refractivity contribution is 5.75. The van der Waals surface area contributed by atoms with Crippen LogP contribution in [0.1, 0.15) is 101 Å². The first-order valence-corrected chi connectivity index (χ1v) is 13.3. The van der Waals surface area contributed by atoms with E-state index < -0.39 is 29.2 Å². The van der Waals surface area contributed by atoms with Crippen LogP contribution in [0.15, 0.2) is 12.2 Å². The summed E-state index contributed by atoms with van der Waals surface area (Å²) in [5.74, 6) is 0.463. The zero-order chi connectivity index (χ0) is 27.2. The van der Waals surface area contributed by atoms with Gasteiger partial charge in [-0.25, -0.2) is 0 Å². The number of hydrogen-bond donors (Lipinski definition) is 2. The molecule has 6 heteroatoms. The first-order chi connectivity index (χ1) is 15.9. The summed E-state index contributed by atoms with van der Waals surface area (Å²) in [7, 11) is 0. The van der Waals surface area contributed by atoms with E-state index in [9.17, 15) is 19.8 Å². The lowest BCUT2D eigenvalue weighted by atomic mass is 9.57. The van der Waals surface area contributed by atoms with Gasteiger partial charge in [-0.2, -0.15) is 0 Å². The molecule has 0 aromatic carbocycles. The standard InChI is InChI=1S/C29H52O6/c1-11-28(7,8)26(33)34-18-23-22(19(2)3)14-15-29(9,10)24(23)13-12-20(30)16-21(31)17-25(32)35-27(4,5)6/h12-13,19-24,30-31H,11,14-18H2,1-10H3/b13-12+/t20-,21-,22+,23+,24-/m1/s1. The van der Waals surface area contributed by atoms with E-state index in [2.05, 4.69) is 27.7 Å². The molecule has 0 radical (unpaired) electrons. The summed E-state index contributed by atoms with van der Waals surface area (Å²) in [6.07, 6.45) is 4.65. The van der Waals surface area contributed by atoms with Crippen LogP contribution in [0.5, 0.6) is 0 Å². The minimum Gasteiger partial charge on any atom is -0.465 e. The monoisotopic (exact) mass is 496 g/mol. The number of aliphatic hydroxyl groups is 2. The molecule has 1 aliphatic carbocycles. The van der Waals surface area contributed by atoms with E-state index >= 15 is 0 Å². The highest BCUT2D eigenvalue weighted by Crippen LogP contribution is 2.50. The zero-order valence-electron chi connectivity index (χ0n) is 23.9. The minimum absolute atomic E-state index is 0.0198. The van der Waals surface area contributed by atoms with Crippen LogP contribution in [-0.4, -0.2) is 46.6 Å². The largest absolute Gasteiger partial charge is 0.465 e. The van der Waals surface area contributed by atoms with Crippen LogP contribution >= 0.6 is 0 Å². The van der Waals surface area contributed by atoms with Gasteiger partial charge in [-0.1, -0.05) is 46.8 Å². The van der Waals surface area contributed by atoms with Crippen LogP contribution < -0.4 is 0 Å². The summed E-state index contributed by atoms with van der Waals surface area (Å²) < 4.78 is 11.1. The summed E-state index contributed by atoms with van der Waals surface area (Å²) >= 11 is 0. The molecule has 1 rings (SSSR count). The normalized spacial score (nSPS) is 24.9. The van der Waals surface area contributed by atoms with Gasteiger partial charge in [-0.05, 0) is 77.0 Å². The Morgan fingerprint density at radius 3 is 2.23 bits per heavy atom. The fourth-order valence-electron chi connectivity index (χ4n) is 5.00. The molecule has 0 aromatic heterocycles. The number of ether oxygens (including phenoxy) is 2. The lowest BCUT2D eigenvalue weighted by molar-refractivity contribution is -0.159. The molecule has 0 spiro atoms. The van der Waals surface area contributed by atoms with Crippen molar-refractivity contribution in [2.75, 3.05) is 6.61 Å². The van der Waals surface area contributed by atoms with E-state index in [1.807, 2.05) is 26.8 Å². The topological polar surface area (TPSA) is 93.1 Å². The molecule has 0 saturated heterocycles. The van der Waals surface area contributed by atoms with Crippen LogP contribution in [0.25, 0.3) is 0 Å². The van der Waals surface area contributed by atoms with Gasteiger partial charge in [0.25, 0.3) is 0 Å². The summed E-state index contributed by atoms with van der Waals surface area (Å²) in [4.78, 5) is 24.7. The first kappa shape index (κ1) is 31.6. The van der Waals surface area contributed by atoms with Crippen molar-refractivity contribution in [3.05, 3.63) is 12.2 Å². The fourth-order valence-corrected chi connectivity index (χ4v) is 5.00. The van der Waals surface area contributed by atoms with E-state index in [0.29, 0.717) is 18.4 Å². The van der Waals surface area contributed by atoms with E-state index in [4.69, 9.17) is 9.47 Å². The van der Waals surface area contributed by atoms with Gasteiger partial charge in [0.05, 0.1) is 30.7 Å². The van der Waals surface area contributed by atoms with Crippen molar-refractivity contribution in [3.63, 3.8) is 0 Å². The maximum atomic E-state index is 12.7. The number of carbonyl (C=O) groups excluding carboxylic acids is 2. The van der Waals surface area contributed by atoms with Gasteiger partial charge in [0.15, 0.2) is 0 Å². The highest BCUT2D eigenvalue weighted by atomic mass is 16.6. The minimum atomic E-state index is -0.986. The second-order valence-electron chi connectivity index (χ2n) is 13.1. The van der Waals surface area contributed by atoms with Crippen molar-refractivity contribution < 1.29 is 29.3 Å². The van der Waals surface area contributed by atoms with E-state index in [1.165, 1.54) is 0 Å².